The molecule has 0 aromatic heterocycles. The van der Waals surface area contributed by atoms with E-state index in [1.165, 1.54) is 6.08 Å². The molecule has 0 heterocycles. The number of halogens is 2. The summed E-state index contributed by atoms with van der Waals surface area (Å²) in [7, 11) is 3.32. The lowest BCUT2D eigenvalue weighted by atomic mass is 10.1. The third kappa shape index (κ3) is 5.02. The third-order valence-corrected chi connectivity index (χ3v) is 3.75. The van der Waals surface area contributed by atoms with Crippen LogP contribution in [0.5, 0.6) is 5.75 Å². The van der Waals surface area contributed by atoms with Crippen molar-refractivity contribution in [3.05, 3.63) is 69.7 Å². The number of carbonyl (C=O) groups is 1. The molecule has 0 aliphatic rings. The van der Waals surface area contributed by atoms with Crippen molar-refractivity contribution < 1.29 is 9.53 Å². The second-order valence-corrected chi connectivity index (χ2v) is 5.92. The van der Waals surface area contributed by atoms with Crippen LogP contribution in [0.2, 0.25) is 10.0 Å². The van der Waals surface area contributed by atoms with Gasteiger partial charge in [-0.15, -0.1) is 0 Å². The van der Waals surface area contributed by atoms with E-state index in [9.17, 15) is 4.79 Å². The van der Waals surface area contributed by atoms with Crippen LogP contribution in [-0.4, -0.2) is 25.0 Å². The van der Waals surface area contributed by atoms with E-state index >= 15 is 0 Å². The van der Waals surface area contributed by atoms with Gasteiger partial charge in [-0.1, -0.05) is 35.3 Å². The predicted molar refractivity (Wildman–Crippen MR) is 95.0 cm³/mol. The maximum atomic E-state index is 12.2. The molecule has 0 atom stereocenters. The number of hydrogen-bond donors (Lipinski definition) is 0. The van der Waals surface area contributed by atoms with Crippen LogP contribution < -0.4 is 4.74 Å². The van der Waals surface area contributed by atoms with Gasteiger partial charge in [-0.25, -0.2) is 0 Å². The first-order valence-corrected chi connectivity index (χ1v) is 7.76. The fourth-order valence-electron chi connectivity index (χ4n) is 2.11. The molecule has 23 heavy (non-hydrogen) atoms. The van der Waals surface area contributed by atoms with Crippen LogP contribution in [0.25, 0.3) is 6.08 Å². The van der Waals surface area contributed by atoms with Crippen molar-refractivity contribution in [2.75, 3.05) is 14.2 Å². The van der Waals surface area contributed by atoms with Gasteiger partial charge in [-0.2, -0.15) is 0 Å². The highest BCUT2D eigenvalue weighted by Crippen LogP contribution is 2.23. The van der Waals surface area contributed by atoms with Gasteiger partial charge in [0.1, 0.15) is 5.75 Å². The number of ether oxygens (including phenoxy) is 1. The maximum Gasteiger partial charge on any atom is 0.246 e. The quantitative estimate of drug-likeness (QED) is 0.733. The Kier molecular flexibility index (Phi) is 6.08. The minimum atomic E-state index is -0.119. The van der Waals surface area contributed by atoms with E-state index in [2.05, 4.69) is 0 Å². The zero-order valence-electron chi connectivity index (χ0n) is 12.9. The van der Waals surface area contributed by atoms with Crippen molar-refractivity contribution >= 4 is 35.2 Å². The number of hydrogen-bond acceptors (Lipinski definition) is 2. The van der Waals surface area contributed by atoms with Gasteiger partial charge in [0.15, 0.2) is 0 Å². The van der Waals surface area contributed by atoms with E-state index in [1.54, 1.807) is 49.4 Å². The molecule has 2 aromatic rings. The molecular formula is C18H17Cl2NO2. The molecule has 1 amide bonds. The first-order chi connectivity index (χ1) is 11.0. The van der Waals surface area contributed by atoms with Gasteiger partial charge >= 0.3 is 0 Å². The van der Waals surface area contributed by atoms with Crippen LogP contribution in [0.4, 0.5) is 0 Å². The first-order valence-electron chi connectivity index (χ1n) is 7.01. The molecule has 0 fully saturated rings. The second kappa shape index (κ2) is 8.04. The van der Waals surface area contributed by atoms with Crippen molar-refractivity contribution in [1.29, 1.82) is 0 Å². The van der Waals surface area contributed by atoms with Crippen LogP contribution in [0.15, 0.2) is 48.5 Å². The molecule has 5 heteroatoms. The van der Waals surface area contributed by atoms with Gasteiger partial charge in [0.25, 0.3) is 0 Å². The SMILES string of the molecule is COc1ccc(Cl)cc1/C=C/C(=O)N(C)Cc1cccc(Cl)c1. The monoisotopic (exact) mass is 349 g/mol. The summed E-state index contributed by atoms with van der Waals surface area (Å²) in [6, 6.07) is 12.7. The highest BCUT2D eigenvalue weighted by atomic mass is 35.5. The molecule has 0 unspecified atom stereocenters. The smallest absolute Gasteiger partial charge is 0.246 e. The molecular weight excluding hydrogens is 333 g/mol. The Morgan fingerprint density at radius 2 is 1.91 bits per heavy atom. The summed E-state index contributed by atoms with van der Waals surface area (Å²) in [4.78, 5) is 13.8. The lowest BCUT2D eigenvalue weighted by Gasteiger charge is -2.15. The lowest BCUT2D eigenvalue weighted by Crippen LogP contribution is -2.24. The number of methoxy groups -OCH3 is 1. The Morgan fingerprint density at radius 1 is 1.17 bits per heavy atom. The summed E-state index contributed by atoms with van der Waals surface area (Å²) in [5.41, 5.74) is 1.73. The van der Waals surface area contributed by atoms with E-state index in [0.717, 1.165) is 11.1 Å². The highest BCUT2D eigenvalue weighted by molar-refractivity contribution is 6.31. The maximum absolute atomic E-state index is 12.2. The number of benzene rings is 2. The van der Waals surface area contributed by atoms with Crippen molar-refractivity contribution in [1.82, 2.24) is 4.90 Å². The summed E-state index contributed by atoms with van der Waals surface area (Å²) >= 11 is 11.9. The van der Waals surface area contributed by atoms with Gasteiger partial charge in [-0.3, -0.25) is 4.79 Å². The fourth-order valence-corrected chi connectivity index (χ4v) is 2.50. The van der Waals surface area contributed by atoms with Crippen LogP contribution in [-0.2, 0) is 11.3 Å². The average Bonchev–Trinajstić information content (AvgIpc) is 2.52. The molecule has 3 nitrogen and oxygen atoms in total. The Labute approximate surface area is 146 Å². The standard InChI is InChI=1S/C18H17Cl2NO2/c1-21(12-13-4-3-5-15(19)10-13)18(22)9-6-14-11-16(20)7-8-17(14)23-2/h3-11H,12H2,1-2H3/b9-6+. The lowest BCUT2D eigenvalue weighted by molar-refractivity contribution is -0.125. The van der Waals surface area contributed by atoms with E-state index in [1.807, 2.05) is 18.2 Å². The zero-order valence-corrected chi connectivity index (χ0v) is 14.4. The second-order valence-electron chi connectivity index (χ2n) is 5.04. The van der Waals surface area contributed by atoms with Crippen molar-refractivity contribution in [3.8, 4) is 5.75 Å². The zero-order chi connectivity index (χ0) is 16.8. The molecule has 2 aromatic carbocycles. The van der Waals surface area contributed by atoms with Crippen LogP contribution in [0.3, 0.4) is 0 Å². The Morgan fingerprint density at radius 3 is 2.61 bits per heavy atom. The van der Waals surface area contributed by atoms with Crippen LogP contribution >= 0.6 is 23.2 Å². The molecule has 0 aliphatic carbocycles. The van der Waals surface area contributed by atoms with Crippen molar-refractivity contribution in [2.45, 2.75) is 6.54 Å². The fraction of sp³-hybridized carbons (Fsp3) is 0.167. The topological polar surface area (TPSA) is 29.5 Å². The van der Waals surface area contributed by atoms with Gasteiger partial charge in [0.2, 0.25) is 5.91 Å². The van der Waals surface area contributed by atoms with Gasteiger partial charge < -0.3 is 9.64 Å². The molecule has 0 radical (unpaired) electrons. The number of rotatable bonds is 5. The third-order valence-electron chi connectivity index (χ3n) is 3.28. The first kappa shape index (κ1) is 17.4. The summed E-state index contributed by atoms with van der Waals surface area (Å²) in [6.45, 7) is 0.483. The predicted octanol–water partition coefficient (Wildman–Crippen LogP) is 4.67. The molecule has 0 bridgehead atoms. The molecule has 0 spiro atoms. The minimum absolute atomic E-state index is 0.119. The average molecular weight is 350 g/mol. The molecule has 0 N–H and O–H groups in total. The van der Waals surface area contributed by atoms with E-state index in [0.29, 0.717) is 22.3 Å². The number of carbonyl (C=O) groups excluding carboxylic acids is 1. The van der Waals surface area contributed by atoms with E-state index in [-0.39, 0.29) is 5.91 Å². The summed E-state index contributed by atoms with van der Waals surface area (Å²) < 4.78 is 5.25. The molecule has 0 saturated heterocycles. The van der Waals surface area contributed by atoms with Gasteiger partial charge in [0.05, 0.1) is 7.11 Å². The van der Waals surface area contributed by atoms with Gasteiger partial charge in [0, 0.05) is 35.3 Å². The Bertz CT molecular complexity index is 729. The molecule has 0 saturated carbocycles. The highest BCUT2D eigenvalue weighted by Gasteiger charge is 2.07. The molecule has 0 aliphatic heterocycles. The van der Waals surface area contributed by atoms with E-state index < -0.39 is 0 Å². The van der Waals surface area contributed by atoms with Gasteiger partial charge in [-0.05, 0) is 42.0 Å². The summed E-state index contributed by atoms with van der Waals surface area (Å²) in [6.07, 6.45) is 3.19. The van der Waals surface area contributed by atoms with Crippen LogP contribution in [0, 0.1) is 0 Å². The number of amides is 1. The van der Waals surface area contributed by atoms with E-state index in [4.69, 9.17) is 27.9 Å². The van der Waals surface area contributed by atoms with Crippen molar-refractivity contribution in [3.63, 3.8) is 0 Å². The Hall–Kier alpha value is -1.97. The largest absolute Gasteiger partial charge is 0.496 e. The normalized spacial score (nSPS) is 10.8. The minimum Gasteiger partial charge on any atom is -0.496 e. The van der Waals surface area contributed by atoms with Crippen LogP contribution in [0.1, 0.15) is 11.1 Å². The molecule has 2 rings (SSSR count). The number of likely N-dealkylation sites (N-methyl/N-ethyl adjacent to an activating group) is 1. The summed E-state index contributed by atoms with van der Waals surface area (Å²) in [5.74, 6) is 0.544. The van der Waals surface area contributed by atoms with Crippen molar-refractivity contribution in [2.24, 2.45) is 0 Å². The molecule has 120 valence electrons. The number of nitrogens with zero attached hydrogens (tertiary/aromatic N) is 1. The Balaban J connectivity index is 2.07. The summed E-state index contributed by atoms with van der Waals surface area (Å²) in [5, 5.41) is 1.24.